The molecule has 1 amide bonds. The molecule has 1 aromatic carbocycles. The molecule has 0 radical (unpaired) electrons. The minimum absolute atomic E-state index is 0.0725. The number of nitrogens with one attached hydrogen (secondary N) is 1. The Kier molecular flexibility index (Phi) is 7.38. The van der Waals surface area contributed by atoms with E-state index >= 15 is 0 Å². The van der Waals surface area contributed by atoms with Crippen molar-refractivity contribution in [1.82, 2.24) is 4.98 Å². The molecule has 0 aliphatic heterocycles. The Bertz CT molecular complexity index is 818. The van der Waals surface area contributed by atoms with Gasteiger partial charge in [0.25, 0.3) is 5.91 Å². The first-order chi connectivity index (χ1) is 12.4. The molecular formula is C22H27IN2O. The van der Waals surface area contributed by atoms with E-state index in [0.717, 1.165) is 45.5 Å². The quantitative estimate of drug-likeness (QED) is 0.436. The van der Waals surface area contributed by atoms with Gasteiger partial charge in [0.2, 0.25) is 0 Å². The maximum atomic E-state index is 13.2. The van der Waals surface area contributed by atoms with Crippen molar-refractivity contribution in [1.29, 1.82) is 0 Å². The van der Waals surface area contributed by atoms with Crippen molar-refractivity contribution in [3.63, 3.8) is 0 Å². The standard InChI is InChI=1S/C22H27IN2O/c1-6-9-13-18-14(4)24-15(5)19(20(18)23)22(26)25-21-16(7-2)11-10-12-17(21)8-3/h6,9-12H,7-8,13H2,1-5H3,(H,25,26)/b9-6+. The Morgan fingerprint density at radius 3 is 2.31 bits per heavy atom. The van der Waals surface area contributed by atoms with Crippen molar-refractivity contribution in [2.75, 3.05) is 5.32 Å². The number of aryl methyl sites for hydroxylation is 4. The van der Waals surface area contributed by atoms with Gasteiger partial charge < -0.3 is 5.32 Å². The Morgan fingerprint density at radius 2 is 1.77 bits per heavy atom. The first-order valence-electron chi connectivity index (χ1n) is 9.13. The maximum absolute atomic E-state index is 13.2. The Hall–Kier alpha value is -1.69. The molecule has 2 rings (SSSR count). The van der Waals surface area contributed by atoms with Gasteiger partial charge in [0, 0.05) is 15.0 Å². The summed E-state index contributed by atoms with van der Waals surface area (Å²) in [5.41, 5.74) is 6.86. The van der Waals surface area contributed by atoms with Gasteiger partial charge in [-0.15, -0.1) is 0 Å². The number of benzene rings is 1. The zero-order valence-corrected chi connectivity index (χ0v) is 18.4. The molecule has 0 bridgehead atoms. The number of hydrogen-bond donors (Lipinski definition) is 1. The molecule has 138 valence electrons. The third-order valence-corrected chi connectivity index (χ3v) is 5.83. The lowest BCUT2D eigenvalue weighted by Crippen LogP contribution is -2.19. The summed E-state index contributed by atoms with van der Waals surface area (Å²) in [5.74, 6) is -0.0725. The van der Waals surface area contributed by atoms with E-state index in [1.807, 2.05) is 26.8 Å². The molecule has 26 heavy (non-hydrogen) atoms. The minimum atomic E-state index is -0.0725. The van der Waals surface area contributed by atoms with Gasteiger partial charge in [-0.05, 0) is 79.3 Å². The molecule has 0 fully saturated rings. The number of rotatable bonds is 6. The van der Waals surface area contributed by atoms with E-state index in [1.165, 1.54) is 11.1 Å². The van der Waals surface area contributed by atoms with Gasteiger partial charge in [-0.2, -0.15) is 0 Å². The van der Waals surface area contributed by atoms with Gasteiger partial charge in [0.05, 0.1) is 11.3 Å². The van der Waals surface area contributed by atoms with Crippen LogP contribution < -0.4 is 5.32 Å². The monoisotopic (exact) mass is 462 g/mol. The van der Waals surface area contributed by atoms with Crippen LogP contribution in [0.25, 0.3) is 0 Å². The average molecular weight is 462 g/mol. The molecule has 0 aliphatic carbocycles. The maximum Gasteiger partial charge on any atom is 0.258 e. The molecule has 3 nitrogen and oxygen atoms in total. The van der Waals surface area contributed by atoms with Crippen LogP contribution in [0.4, 0.5) is 5.69 Å². The Balaban J connectivity index is 2.48. The number of aromatic nitrogens is 1. The number of anilines is 1. The van der Waals surface area contributed by atoms with E-state index in [1.54, 1.807) is 0 Å². The Morgan fingerprint density at radius 1 is 1.15 bits per heavy atom. The second-order valence-electron chi connectivity index (χ2n) is 6.34. The van der Waals surface area contributed by atoms with E-state index in [2.05, 4.69) is 71.0 Å². The summed E-state index contributed by atoms with van der Waals surface area (Å²) in [6, 6.07) is 6.22. The average Bonchev–Trinajstić information content (AvgIpc) is 2.61. The molecule has 1 aromatic heterocycles. The molecule has 0 atom stereocenters. The molecule has 2 aromatic rings. The largest absolute Gasteiger partial charge is 0.321 e. The van der Waals surface area contributed by atoms with Crippen molar-refractivity contribution in [2.45, 2.75) is 53.9 Å². The van der Waals surface area contributed by atoms with Crippen molar-refractivity contribution in [3.05, 3.63) is 67.6 Å². The zero-order chi connectivity index (χ0) is 19.3. The molecule has 0 saturated heterocycles. The lowest BCUT2D eigenvalue weighted by atomic mass is 10.0. The summed E-state index contributed by atoms with van der Waals surface area (Å²) in [6.45, 7) is 10.2. The highest BCUT2D eigenvalue weighted by molar-refractivity contribution is 14.1. The summed E-state index contributed by atoms with van der Waals surface area (Å²) in [4.78, 5) is 17.8. The predicted molar refractivity (Wildman–Crippen MR) is 118 cm³/mol. The van der Waals surface area contributed by atoms with Gasteiger partial charge in [-0.3, -0.25) is 9.78 Å². The number of pyridine rings is 1. The highest BCUT2D eigenvalue weighted by Crippen LogP contribution is 2.27. The highest BCUT2D eigenvalue weighted by Gasteiger charge is 2.20. The molecule has 1 heterocycles. The SMILES string of the molecule is C/C=C/Cc1c(C)nc(C)c(C(=O)Nc2c(CC)cccc2CC)c1I. The molecular weight excluding hydrogens is 435 g/mol. The zero-order valence-electron chi connectivity index (χ0n) is 16.2. The molecule has 0 spiro atoms. The van der Waals surface area contributed by atoms with Crippen LogP contribution in [-0.4, -0.2) is 10.9 Å². The van der Waals surface area contributed by atoms with Gasteiger partial charge in [-0.1, -0.05) is 44.2 Å². The number of nitrogens with zero attached hydrogens (tertiary/aromatic N) is 1. The lowest BCUT2D eigenvalue weighted by molar-refractivity contribution is 0.102. The van der Waals surface area contributed by atoms with Crippen LogP contribution in [0.15, 0.2) is 30.4 Å². The topological polar surface area (TPSA) is 42.0 Å². The minimum Gasteiger partial charge on any atom is -0.321 e. The molecule has 0 saturated carbocycles. The number of carbonyl (C=O) groups excluding carboxylic acids is 1. The number of amides is 1. The fourth-order valence-corrected chi connectivity index (χ4v) is 4.41. The van der Waals surface area contributed by atoms with Crippen molar-refractivity contribution >= 4 is 34.2 Å². The lowest BCUT2D eigenvalue weighted by Gasteiger charge is -2.17. The van der Waals surface area contributed by atoms with Crippen molar-refractivity contribution in [2.24, 2.45) is 0 Å². The van der Waals surface area contributed by atoms with Crippen LogP contribution in [0.1, 0.15) is 59.2 Å². The summed E-state index contributed by atoms with van der Waals surface area (Å²) < 4.78 is 0.996. The molecule has 1 N–H and O–H groups in total. The summed E-state index contributed by atoms with van der Waals surface area (Å²) in [5, 5.41) is 3.18. The number of halogens is 1. The van der Waals surface area contributed by atoms with Crippen LogP contribution >= 0.6 is 22.6 Å². The van der Waals surface area contributed by atoms with E-state index < -0.39 is 0 Å². The van der Waals surface area contributed by atoms with Crippen LogP contribution in [0, 0.1) is 17.4 Å². The second-order valence-corrected chi connectivity index (χ2v) is 7.41. The summed E-state index contributed by atoms with van der Waals surface area (Å²) in [6.07, 6.45) is 6.70. The van der Waals surface area contributed by atoms with Gasteiger partial charge in [0.1, 0.15) is 0 Å². The van der Waals surface area contributed by atoms with Crippen LogP contribution in [-0.2, 0) is 19.3 Å². The van der Waals surface area contributed by atoms with Crippen LogP contribution in [0.3, 0.4) is 0 Å². The first kappa shape index (κ1) is 20.6. The third-order valence-electron chi connectivity index (χ3n) is 4.64. The molecule has 4 heteroatoms. The van der Waals surface area contributed by atoms with E-state index in [-0.39, 0.29) is 5.91 Å². The van der Waals surface area contributed by atoms with E-state index in [9.17, 15) is 4.79 Å². The van der Waals surface area contributed by atoms with Crippen molar-refractivity contribution < 1.29 is 4.79 Å². The fraction of sp³-hybridized carbons (Fsp3) is 0.364. The molecule has 0 unspecified atom stereocenters. The first-order valence-corrected chi connectivity index (χ1v) is 10.2. The van der Waals surface area contributed by atoms with Crippen LogP contribution in [0.2, 0.25) is 0 Å². The van der Waals surface area contributed by atoms with E-state index in [4.69, 9.17) is 0 Å². The van der Waals surface area contributed by atoms with Crippen molar-refractivity contribution in [3.8, 4) is 0 Å². The fourth-order valence-electron chi connectivity index (χ4n) is 3.16. The normalized spacial score (nSPS) is 11.2. The smallest absolute Gasteiger partial charge is 0.258 e. The Labute approximate surface area is 170 Å². The van der Waals surface area contributed by atoms with Crippen LogP contribution in [0.5, 0.6) is 0 Å². The third kappa shape index (κ3) is 4.34. The van der Waals surface area contributed by atoms with Gasteiger partial charge in [0.15, 0.2) is 0 Å². The highest BCUT2D eigenvalue weighted by atomic mass is 127. The number of hydrogen-bond acceptors (Lipinski definition) is 2. The van der Waals surface area contributed by atoms with E-state index in [0.29, 0.717) is 5.56 Å². The summed E-state index contributed by atoms with van der Waals surface area (Å²) in [7, 11) is 0. The van der Waals surface area contributed by atoms with Gasteiger partial charge >= 0.3 is 0 Å². The molecule has 0 aliphatic rings. The second kappa shape index (κ2) is 9.31. The van der Waals surface area contributed by atoms with Gasteiger partial charge in [-0.25, -0.2) is 0 Å². The predicted octanol–water partition coefficient (Wildman–Crippen LogP) is 5.80. The number of allylic oxidation sites excluding steroid dienone is 2. The summed E-state index contributed by atoms with van der Waals surface area (Å²) >= 11 is 2.29. The number of para-hydroxylation sites is 1. The number of carbonyl (C=O) groups is 1.